The second-order valence-corrected chi connectivity index (χ2v) is 5.04. The van der Waals surface area contributed by atoms with E-state index in [0.29, 0.717) is 6.42 Å². The van der Waals surface area contributed by atoms with Crippen LogP contribution >= 0.6 is 0 Å². The molecule has 1 aliphatic rings. The zero-order valence-corrected chi connectivity index (χ0v) is 10.9. The minimum absolute atomic E-state index is 0.00192. The quantitative estimate of drug-likeness (QED) is 0.738. The first-order valence-electron chi connectivity index (χ1n) is 6.60. The Kier molecular flexibility index (Phi) is 5.82. The Morgan fingerprint density at radius 3 is 2.33 bits per heavy atom. The lowest BCUT2D eigenvalue weighted by Gasteiger charge is -2.23. The molecule has 0 radical (unpaired) electrons. The van der Waals surface area contributed by atoms with Crippen molar-refractivity contribution >= 4 is 17.6 Å². The topological polar surface area (TPSA) is 89.3 Å². The van der Waals surface area contributed by atoms with Gasteiger partial charge in [-0.2, -0.15) is 0 Å². The van der Waals surface area contributed by atoms with Crippen molar-refractivity contribution in [1.82, 2.24) is 5.32 Å². The van der Waals surface area contributed by atoms with Crippen LogP contribution < -0.4 is 11.1 Å². The van der Waals surface area contributed by atoms with Crippen LogP contribution in [0.15, 0.2) is 0 Å². The largest absolute Gasteiger partial charge is 0.368 e. The number of rotatable bonds is 6. The minimum Gasteiger partial charge on any atom is -0.368 e. The summed E-state index contributed by atoms with van der Waals surface area (Å²) in [6.07, 6.45) is 5.61. The molecule has 2 amide bonds. The monoisotopic (exact) mass is 254 g/mol. The molecule has 1 rings (SSSR count). The molecule has 18 heavy (non-hydrogen) atoms. The Morgan fingerprint density at radius 2 is 1.83 bits per heavy atom. The van der Waals surface area contributed by atoms with Crippen LogP contribution in [0.2, 0.25) is 0 Å². The second-order valence-electron chi connectivity index (χ2n) is 5.04. The molecule has 0 aliphatic heterocycles. The Morgan fingerprint density at radius 1 is 1.22 bits per heavy atom. The number of ketones is 1. The summed E-state index contributed by atoms with van der Waals surface area (Å²) in [6.45, 7) is 1.46. The molecular formula is C13H22N2O3. The molecule has 5 nitrogen and oxygen atoms in total. The minimum atomic E-state index is -0.719. The van der Waals surface area contributed by atoms with Gasteiger partial charge in [-0.05, 0) is 26.2 Å². The molecular weight excluding hydrogens is 232 g/mol. The van der Waals surface area contributed by atoms with Crippen molar-refractivity contribution in [2.24, 2.45) is 11.7 Å². The van der Waals surface area contributed by atoms with Gasteiger partial charge in [0.2, 0.25) is 11.8 Å². The van der Waals surface area contributed by atoms with Gasteiger partial charge in [-0.3, -0.25) is 9.59 Å². The maximum Gasteiger partial charge on any atom is 0.240 e. The SMILES string of the molecule is CC(=O)CC[C@@H](NC(=O)C1CCCCC1)C(N)=O. The van der Waals surface area contributed by atoms with Crippen molar-refractivity contribution in [3.8, 4) is 0 Å². The highest BCUT2D eigenvalue weighted by Crippen LogP contribution is 2.23. The predicted octanol–water partition coefficient (Wildman–Crippen LogP) is 0.906. The van der Waals surface area contributed by atoms with Gasteiger partial charge >= 0.3 is 0 Å². The summed E-state index contributed by atoms with van der Waals surface area (Å²) < 4.78 is 0. The molecule has 0 aromatic heterocycles. The normalized spacial score (nSPS) is 18.1. The number of Topliss-reactive ketones (excluding diaryl/α,β-unsaturated/α-hetero) is 1. The molecule has 0 unspecified atom stereocenters. The van der Waals surface area contributed by atoms with Crippen molar-refractivity contribution in [3.05, 3.63) is 0 Å². The summed E-state index contributed by atoms with van der Waals surface area (Å²) >= 11 is 0. The van der Waals surface area contributed by atoms with Gasteiger partial charge in [0.1, 0.15) is 11.8 Å². The fourth-order valence-electron chi connectivity index (χ4n) is 2.29. The summed E-state index contributed by atoms with van der Waals surface area (Å²) in [5.74, 6) is -0.673. The van der Waals surface area contributed by atoms with E-state index in [2.05, 4.69) is 5.32 Å². The first-order chi connectivity index (χ1) is 8.50. The van der Waals surface area contributed by atoms with Crippen LogP contribution in [-0.2, 0) is 14.4 Å². The third-order valence-corrected chi connectivity index (χ3v) is 3.42. The highest BCUT2D eigenvalue weighted by Gasteiger charge is 2.25. The van der Waals surface area contributed by atoms with E-state index in [9.17, 15) is 14.4 Å². The van der Waals surface area contributed by atoms with Gasteiger partial charge in [-0.15, -0.1) is 0 Å². The lowest BCUT2D eigenvalue weighted by atomic mass is 9.88. The van der Waals surface area contributed by atoms with Gasteiger partial charge in [0, 0.05) is 12.3 Å². The van der Waals surface area contributed by atoms with E-state index in [1.807, 2.05) is 0 Å². The Hall–Kier alpha value is -1.39. The highest BCUT2D eigenvalue weighted by atomic mass is 16.2. The standard InChI is InChI=1S/C13H22N2O3/c1-9(16)7-8-11(12(14)17)15-13(18)10-5-3-2-4-6-10/h10-11H,2-8H2,1H3,(H2,14,17)(H,15,18)/t11-/m1/s1. The lowest BCUT2D eigenvalue weighted by Crippen LogP contribution is -2.47. The molecule has 1 saturated carbocycles. The summed E-state index contributed by atoms with van der Waals surface area (Å²) in [6, 6.07) is -0.719. The van der Waals surface area contributed by atoms with E-state index in [4.69, 9.17) is 5.73 Å². The van der Waals surface area contributed by atoms with Gasteiger partial charge in [0.05, 0.1) is 0 Å². The predicted molar refractivity (Wildman–Crippen MR) is 67.6 cm³/mol. The molecule has 5 heteroatoms. The third kappa shape index (κ3) is 4.85. The summed E-state index contributed by atoms with van der Waals surface area (Å²) in [5, 5.41) is 2.68. The van der Waals surface area contributed by atoms with Crippen LogP contribution in [-0.4, -0.2) is 23.6 Å². The maximum absolute atomic E-state index is 12.0. The molecule has 1 fully saturated rings. The van der Waals surface area contributed by atoms with Crippen molar-refractivity contribution in [3.63, 3.8) is 0 Å². The van der Waals surface area contributed by atoms with E-state index < -0.39 is 11.9 Å². The fraction of sp³-hybridized carbons (Fsp3) is 0.769. The number of nitrogens with one attached hydrogen (secondary N) is 1. The molecule has 1 atom stereocenters. The molecule has 0 bridgehead atoms. The molecule has 0 spiro atoms. The first kappa shape index (κ1) is 14.7. The maximum atomic E-state index is 12.0. The average molecular weight is 254 g/mol. The average Bonchev–Trinajstić information content (AvgIpc) is 2.34. The third-order valence-electron chi connectivity index (χ3n) is 3.42. The Bertz CT molecular complexity index is 322. The summed E-state index contributed by atoms with van der Waals surface area (Å²) in [7, 11) is 0. The number of carbonyl (C=O) groups is 3. The van der Waals surface area contributed by atoms with Crippen LogP contribution in [0.25, 0.3) is 0 Å². The summed E-state index contributed by atoms with van der Waals surface area (Å²) in [4.78, 5) is 34.1. The highest BCUT2D eigenvalue weighted by molar-refractivity contribution is 5.88. The number of primary amides is 1. The van der Waals surface area contributed by atoms with Crippen molar-refractivity contribution in [2.45, 2.75) is 57.9 Å². The Labute approximate surface area is 107 Å². The molecule has 102 valence electrons. The molecule has 0 saturated heterocycles. The van der Waals surface area contributed by atoms with E-state index in [1.54, 1.807) is 0 Å². The summed E-state index contributed by atoms with van der Waals surface area (Å²) in [5.41, 5.74) is 5.24. The van der Waals surface area contributed by atoms with Gasteiger partial charge in [0.25, 0.3) is 0 Å². The zero-order valence-electron chi connectivity index (χ0n) is 10.9. The first-order valence-corrected chi connectivity index (χ1v) is 6.60. The molecule has 0 aromatic carbocycles. The van der Waals surface area contributed by atoms with Gasteiger partial charge in [0.15, 0.2) is 0 Å². The molecule has 3 N–H and O–H groups in total. The smallest absolute Gasteiger partial charge is 0.240 e. The molecule has 0 aromatic rings. The number of carbonyl (C=O) groups excluding carboxylic acids is 3. The van der Waals surface area contributed by atoms with E-state index >= 15 is 0 Å². The van der Waals surface area contributed by atoms with Gasteiger partial charge < -0.3 is 15.8 Å². The number of hydrogen-bond acceptors (Lipinski definition) is 3. The fourth-order valence-corrected chi connectivity index (χ4v) is 2.29. The van der Waals surface area contributed by atoms with E-state index in [1.165, 1.54) is 13.3 Å². The second kappa shape index (κ2) is 7.13. The van der Waals surface area contributed by atoms with Crippen LogP contribution in [0, 0.1) is 5.92 Å². The van der Waals surface area contributed by atoms with Crippen LogP contribution in [0.4, 0.5) is 0 Å². The van der Waals surface area contributed by atoms with Crippen LogP contribution in [0.1, 0.15) is 51.9 Å². The number of hydrogen-bond donors (Lipinski definition) is 2. The number of amides is 2. The van der Waals surface area contributed by atoms with Crippen molar-refractivity contribution in [2.75, 3.05) is 0 Å². The van der Waals surface area contributed by atoms with Crippen LogP contribution in [0.3, 0.4) is 0 Å². The van der Waals surface area contributed by atoms with Crippen LogP contribution in [0.5, 0.6) is 0 Å². The van der Waals surface area contributed by atoms with Gasteiger partial charge in [-0.1, -0.05) is 19.3 Å². The van der Waals surface area contributed by atoms with Crippen molar-refractivity contribution < 1.29 is 14.4 Å². The van der Waals surface area contributed by atoms with Gasteiger partial charge in [-0.25, -0.2) is 0 Å². The van der Waals surface area contributed by atoms with Crippen molar-refractivity contribution in [1.29, 1.82) is 0 Å². The molecule has 1 aliphatic carbocycles. The molecule has 0 heterocycles. The van der Waals surface area contributed by atoms with E-state index in [-0.39, 0.29) is 24.0 Å². The lowest BCUT2D eigenvalue weighted by molar-refractivity contribution is -0.131. The Balaban J connectivity index is 2.46. The number of nitrogens with two attached hydrogens (primary N) is 1. The zero-order chi connectivity index (χ0) is 13.5. The van der Waals surface area contributed by atoms with E-state index in [0.717, 1.165) is 25.7 Å².